The number of allylic oxidation sites excluding steroid dienone is 4. The highest BCUT2D eigenvalue weighted by molar-refractivity contribution is 8.13. The van der Waals surface area contributed by atoms with Gasteiger partial charge in [0.25, 0.3) is 0 Å². The second-order valence-electron chi connectivity index (χ2n) is 10.6. The zero-order chi connectivity index (χ0) is 21.6. The first-order chi connectivity index (χ1) is 15.0. The van der Waals surface area contributed by atoms with Gasteiger partial charge < -0.3 is 4.74 Å². The maximum Gasteiger partial charge on any atom is 0.308 e. The van der Waals surface area contributed by atoms with Crippen LogP contribution < -0.4 is 0 Å². The van der Waals surface area contributed by atoms with Crippen LogP contribution >= 0.6 is 11.8 Å². The Balaban J connectivity index is 1.43. The molecule has 0 unspecified atom stereocenters. The molecule has 0 radical (unpaired) electrons. The van der Waals surface area contributed by atoms with Gasteiger partial charge in [-0.05, 0) is 75.5 Å². The molecule has 0 aromatic carbocycles. The standard InChI is InChI=1S/C26H33NO3S/c1-25-12-3-2-4-18(25)7-8-19-20(25)11-13-26(16-30-23(28)17-5-6-17)21(19)9-10-22(26)24(29)31-15-14-27/h3-4,12,17,19-22H,2,5-11,13,15-16H2,1H3/t19-,20+,21+,22-,25+,26-/m1/s1. The quantitative estimate of drug-likeness (QED) is 0.421. The van der Waals surface area contributed by atoms with Gasteiger partial charge in [0.15, 0.2) is 5.12 Å². The zero-order valence-electron chi connectivity index (χ0n) is 18.5. The summed E-state index contributed by atoms with van der Waals surface area (Å²) in [6.07, 6.45) is 16.5. The van der Waals surface area contributed by atoms with Gasteiger partial charge >= 0.3 is 5.97 Å². The molecule has 5 heteroatoms. The topological polar surface area (TPSA) is 67.2 Å². The molecule has 5 rings (SSSR count). The molecule has 4 saturated carbocycles. The molecule has 0 aromatic rings. The second-order valence-corrected chi connectivity index (χ2v) is 11.6. The van der Waals surface area contributed by atoms with Gasteiger partial charge in [-0.1, -0.05) is 42.5 Å². The Morgan fingerprint density at radius 3 is 2.81 bits per heavy atom. The van der Waals surface area contributed by atoms with Gasteiger partial charge in [0.1, 0.15) is 0 Å². The zero-order valence-corrected chi connectivity index (χ0v) is 19.3. The molecule has 0 amide bonds. The van der Waals surface area contributed by atoms with E-state index in [0.29, 0.717) is 24.4 Å². The highest BCUT2D eigenvalue weighted by Crippen LogP contribution is 2.66. The summed E-state index contributed by atoms with van der Waals surface area (Å²) in [6.45, 7) is 2.82. The third kappa shape index (κ3) is 3.50. The number of hydrogen-bond donors (Lipinski definition) is 0. The summed E-state index contributed by atoms with van der Waals surface area (Å²) in [5.41, 5.74) is 1.52. The van der Waals surface area contributed by atoms with E-state index in [1.54, 1.807) is 5.57 Å². The Morgan fingerprint density at radius 2 is 2.03 bits per heavy atom. The summed E-state index contributed by atoms with van der Waals surface area (Å²) in [5.74, 6) is 1.77. The van der Waals surface area contributed by atoms with E-state index in [0.717, 1.165) is 51.4 Å². The molecule has 0 spiro atoms. The average Bonchev–Trinajstić information content (AvgIpc) is 3.55. The van der Waals surface area contributed by atoms with E-state index in [1.807, 2.05) is 0 Å². The molecule has 4 nitrogen and oxygen atoms in total. The van der Waals surface area contributed by atoms with Crippen LogP contribution in [0.3, 0.4) is 0 Å². The number of ether oxygens (including phenoxy) is 1. The molecule has 166 valence electrons. The normalized spacial score (nSPS) is 40.7. The number of carbonyl (C=O) groups is 2. The Labute approximate surface area is 189 Å². The third-order valence-corrected chi connectivity index (χ3v) is 10.1. The predicted octanol–water partition coefficient (Wildman–Crippen LogP) is 5.45. The first-order valence-electron chi connectivity index (χ1n) is 12.1. The monoisotopic (exact) mass is 439 g/mol. The summed E-state index contributed by atoms with van der Waals surface area (Å²) in [4.78, 5) is 25.6. The first kappa shape index (κ1) is 21.3. The summed E-state index contributed by atoms with van der Waals surface area (Å²) in [5, 5.41) is 9.13. The Kier molecular flexibility index (Phi) is 5.57. The maximum absolute atomic E-state index is 13.2. The predicted molar refractivity (Wildman–Crippen MR) is 121 cm³/mol. The molecule has 5 aliphatic carbocycles. The van der Waals surface area contributed by atoms with Crippen LogP contribution in [0.2, 0.25) is 0 Å². The average molecular weight is 440 g/mol. The first-order valence-corrected chi connectivity index (χ1v) is 13.1. The van der Waals surface area contributed by atoms with Gasteiger partial charge in [0.2, 0.25) is 0 Å². The van der Waals surface area contributed by atoms with Crippen LogP contribution in [-0.2, 0) is 14.3 Å². The minimum absolute atomic E-state index is 0.0611. The minimum Gasteiger partial charge on any atom is -0.465 e. The fourth-order valence-electron chi connectivity index (χ4n) is 7.63. The van der Waals surface area contributed by atoms with E-state index in [9.17, 15) is 9.59 Å². The SMILES string of the molecule is C[C@]12C=CCC=C1CC[C@H]1[C@@H]3CC[C@H](C(=O)SCC#N)[C@@]3(COC(=O)C3CC3)CC[C@@H]12. The van der Waals surface area contributed by atoms with Crippen LogP contribution in [0.5, 0.6) is 0 Å². The van der Waals surface area contributed by atoms with Gasteiger partial charge in [-0.15, -0.1) is 0 Å². The number of hydrogen-bond acceptors (Lipinski definition) is 5. The van der Waals surface area contributed by atoms with Gasteiger partial charge in [-0.2, -0.15) is 5.26 Å². The Hall–Kier alpha value is -1.54. The smallest absolute Gasteiger partial charge is 0.308 e. The van der Waals surface area contributed by atoms with Crippen molar-refractivity contribution in [3.05, 3.63) is 23.8 Å². The fraction of sp³-hybridized carbons (Fsp3) is 0.731. The lowest BCUT2D eigenvalue weighted by molar-refractivity contribution is -0.157. The molecule has 31 heavy (non-hydrogen) atoms. The molecular formula is C26H33NO3S. The minimum atomic E-state index is -0.235. The van der Waals surface area contributed by atoms with Gasteiger partial charge in [0, 0.05) is 16.7 Å². The van der Waals surface area contributed by atoms with E-state index in [4.69, 9.17) is 10.00 Å². The molecule has 0 bridgehead atoms. The number of nitrogens with zero attached hydrogens (tertiary/aromatic N) is 1. The van der Waals surface area contributed by atoms with Crippen molar-refractivity contribution in [1.29, 1.82) is 5.26 Å². The summed E-state index contributed by atoms with van der Waals surface area (Å²) in [6, 6.07) is 2.10. The Morgan fingerprint density at radius 1 is 1.19 bits per heavy atom. The van der Waals surface area contributed by atoms with Crippen LogP contribution in [0, 0.1) is 51.8 Å². The van der Waals surface area contributed by atoms with Crippen molar-refractivity contribution in [3.63, 3.8) is 0 Å². The molecule has 0 aromatic heterocycles. The van der Waals surface area contributed by atoms with E-state index >= 15 is 0 Å². The van der Waals surface area contributed by atoms with E-state index in [1.165, 1.54) is 18.2 Å². The van der Waals surface area contributed by atoms with Crippen molar-refractivity contribution < 1.29 is 14.3 Å². The molecule has 5 aliphatic rings. The number of nitriles is 1. The highest BCUT2D eigenvalue weighted by atomic mass is 32.2. The summed E-state index contributed by atoms with van der Waals surface area (Å²) < 4.78 is 5.92. The van der Waals surface area contributed by atoms with Crippen molar-refractivity contribution in [2.45, 2.75) is 64.7 Å². The molecule has 0 N–H and O–H groups in total. The van der Waals surface area contributed by atoms with Crippen LogP contribution in [0.25, 0.3) is 0 Å². The van der Waals surface area contributed by atoms with Crippen LogP contribution in [0.1, 0.15) is 64.7 Å². The molecule has 0 aliphatic heterocycles. The molecule has 0 heterocycles. The second kappa shape index (κ2) is 8.10. The molecule has 4 fully saturated rings. The number of esters is 1. The van der Waals surface area contributed by atoms with Crippen LogP contribution in [0.4, 0.5) is 0 Å². The van der Waals surface area contributed by atoms with Crippen LogP contribution in [0.15, 0.2) is 23.8 Å². The van der Waals surface area contributed by atoms with Gasteiger partial charge in [0.05, 0.1) is 24.3 Å². The number of thioether (sulfide) groups is 1. The third-order valence-electron chi connectivity index (χ3n) is 9.28. The highest BCUT2D eigenvalue weighted by Gasteiger charge is 2.62. The van der Waals surface area contributed by atoms with Gasteiger partial charge in [-0.3, -0.25) is 9.59 Å². The number of rotatable bonds is 5. The van der Waals surface area contributed by atoms with Crippen molar-refractivity contribution >= 4 is 22.8 Å². The lowest BCUT2D eigenvalue weighted by atomic mass is 9.47. The van der Waals surface area contributed by atoms with E-state index in [-0.39, 0.29) is 39.5 Å². The maximum atomic E-state index is 13.2. The summed E-state index contributed by atoms with van der Waals surface area (Å²) in [7, 11) is 0. The van der Waals surface area contributed by atoms with E-state index in [2.05, 4.69) is 31.2 Å². The van der Waals surface area contributed by atoms with Crippen molar-refractivity contribution in [2.75, 3.05) is 12.4 Å². The van der Waals surface area contributed by atoms with Gasteiger partial charge in [-0.25, -0.2) is 0 Å². The number of fused-ring (bicyclic) bond motifs is 5. The molecule has 6 atom stereocenters. The van der Waals surface area contributed by atoms with Crippen LogP contribution in [-0.4, -0.2) is 23.4 Å². The number of carbonyl (C=O) groups excluding carboxylic acids is 2. The van der Waals surface area contributed by atoms with Crippen molar-refractivity contribution in [3.8, 4) is 6.07 Å². The largest absolute Gasteiger partial charge is 0.465 e. The lowest BCUT2D eigenvalue weighted by Gasteiger charge is -2.57. The van der Waals surface area contributed by atoms with Crippen molar-refractivity contribution in [2.24, 2.45) is 40.4 Å². The molecule has 0 saturated heterocycles. The van der Waals surface area contributed by atoms with Crippen molar-refractivity contribution in [1.82, 2.24) is 0 Å². The lowest BCUT2D eigenvalue weighted by Crippen LogP contribution is -2.53. The van der Waals surface area contributed by atoms with E-state index < -0.39 is 0 Å². The summed E-state index contributed by atoms with van der Waals surface area (Å²) >= 11 is 1.17. The fourth-order valence-corrected chi connectivity index (χ4v) is 8.39. The Bertz CT molecular complexity index is 868. The molecular weight excluding hydrogens is 406 g/mol.